The summed E-state index contributed by atoms with van der Waals surface area (Å²) < 4.78 is 105. The number of carbonyl (C=O) groups is 2. The zero-order valence-corrected chi connectivity index (χ0v) is 19.2. The normalized spacial score (nSPS) is 22.7. The van der Waals surface area contributed by atoms with Crippen LogP contribution in [0.15, 0.2) is 48.5 Å². The topological polar surface area (TPSA) is 107 Å². The van der Waals surface area contributed by atoms with E-state index in [1.54, 1.807) is 12.1 Å². The Balaban J connectivity index is 1.55. The number of rotatable bonds is 6. The number of alkyl halides is 5. The molecular weight excluding hydrogens is 515 g/mol. The van der Waals surface area contributed by atoms with Gasteiger partial charge in [-0.1, -0.05) is 48.5 Å². The maximum atomic E-state index is 13.7. The summed E-state index contributed by atoms with van der Waals surface area (Å²) in [6.45, 7) is 0.808. The molecule has 36 heavy (non-hydrogen) atoms. The summed E-state index contributed by atoms with van der Waals surface area (Å²) in [5, 5.41) is -5.89. The first-order chi connectivity index (χ1) is 16.6. The highest BCUT2D eigenvalue weighted by Gasteiger charge is 2.66. The Morgan fingerprint density at radius 1 is 0.917 bits per heavy atom. The fourth-order valence-electron chi connectivity index (χ4n) is 4.85. The van der Waals surface area contributed by atoms with E-state index in [9.17, 15) is 40.0 Å². The van der Waals surface area contributed by atoms with Gasteiger partial charge in [0.1, 0.15) is 0 Å². The van der Waals surface area contributed by atoms with Crippen LogP contribution in [0.4, 0.5) is 22.0 Å². The van der Waals surface area contributed by atoms with Gasteiger partial charge in [-0.05, 0) is 35.6 Å². The summed E-state index contributed by atoms with van der Waals surface area (Å²) in [6, 6.07) is 14.8. The molecule has 0 saturated carbocycles. The number of fused-ring (bicyclic) bond motifs is 1. The summed E-state index contributed by atoms with van der Waals surface area (Å²) in [7, 11) is -6.60. The van der Waals surface area contributed by atoms with Crippen molar-refractivity contribution in [3.05, 3.63) is 70.8 Å². The highest BCUT2D eigenvalue weighted by Crippen LogP contribution is 2.55. The van der Waals surface area contributed by atoms with Crippen molar-refractivity contribution in [2.45, 2.75) is 48.8 Å². The summed E-state index contributed by atoms with van der Waals surface area (Å²) in [4.78, 5) is 25.2. The Hall–Kier alpha value is -3.06. The van der Waals surface area contributed by atoms with Gasteiger partial charge in [-0.25, -0.2) is 4.79 Å². The molecule has 5 rings (SSSR count). The van der Waals surface area contributed by atoms with Crippen molar-refractivity contribution in [1.29, 1.82) is 0 Å². The Bertz CT molecular complexity index is 1260. The molecule has 13 heteroatoms. The number of esters is 2. The van der Waals surface area contributed by atoms with Gasteiger partial charge < -0.3 is 9.47 Å². The second kappa shape index (κ2) is 8.80. The maximum absolute atomic E-state index is 13.7. The molecule has 3 atom stereocenters. The number of ether oxygens (including phenoxy) is 2. The Kier molecular flexibility index (Phi) is 6.36. The molecular formula is C23H19F5O7S. The molecule has 0 radical (unpaired) electrons. The lowest BCUT2D eigenvalue weighted by Crippen LogP contribution is -2.53. The van der Waals surface area contributed by atoms with Crippen molar-refractivity contribution < 1.29 is 54.0 Å². The number of hydrogen-bond acceptors (Lipinski definition) is 6. The summed E-state index contributed by atoms with van der Waals surface area (Å²) >= 11 is 0. The molecule has 0 aliphatic heterocycles. The van der Waals surface area contributed by atoms with E-state index >= 15 is 0 Å². The van der Waals surface area contributed by atoms with Crippen LogP contribution in [0.3, 0.4) is 0 Å². The molecule has 0 amide bonds. The first-order valence-electron chi connectivity index (χ1n) is 10.6. The molecule has 0 spiro atoms. The zero-order valence-electron chi connectivity index (χ0n) is 18.4. The molecule has 2 bridgehead atoms. The van der Waals surface area contributed by atoms with Gasteiger partial charge in [-0.15, -0.1) is 0 Å². The Morgan fingerprint density at radius 2 is 1.39 bits per heavy atom. The molecule has 3 unspecified atom stereocenters. The second-order valence-electron chi connectivity index (χ2n) is 8.60. The highest BCUT2D eigenvalue weighted by atomic mass is 32.2. The van der Waals surface area contributed by atoms with E-state index in [2.05, 4.69) is 4.74 Å². The van der Waals surface area contributed by atoms with E-state index in [1.807, 2.05) is 36.4 Å². The fraction of sp³-hybridized carbons (Fsp3) is 0.391. The number of carbonyl (C=O) groups excluding carboxylic acids is 2. The Labute approximate surface area is 201 Å². The molecule has 7 nitrogen and oxygen atoms in total. The van der Waals surface area contributed by atoms with E-state index in [4.69, 9.17) is 9.29 Å². The highest BCUT2D eigenvalue weighted by molar-refractivity contribution is 7.86. The molecule has 3 aliphatic rings. The first-order valence-corrected chi connectivity index (χ1v) is 12.1. The van der Waals surface area contributed by atoms with Crippen molar-refractivity contribution in [1.82, 2.24) is 0 Å². The van der Waals surface area contributed by atoms with E-state index < -0.39 is 57.5 Å². The van der Waals surface area contributed by atoms with E-state index in [0.29, 0.717) is 0 Å². The van der Waals surface area contributed by atoms with Crippen LogP contribution >= 0.6 is 0 Å². The summed E-state index contributed by atoms with van der Waals surface area (Å²) in [6.07, 6.45) is -12.4. The molecule has 2 aromatic carbocycles. The average Bonchev–Trinajstić information content (AvgIpc) is 2.80. The van der Waals surface area contributed by atoms with Crippen LogP contribution in [0.25, 0.3) is 0 Å². The lowest BCUT2D eigenvalue weighted by Gasteiger charge is -2.44. The van der Waals surface area contributed by atoms with Crippen molar-refractivity contribution in [3.8, 4) is 0 Å². The minimum Gasteiger partial charge on any atom is -0.450 e. The predicted molar refractivity (Wildman–Crippen MR) is 113 cm³/mol. The molecule has 0 saturated heterocycles. The number of halogens is 5. The van der Waals surface area contributed by atoms with Gasteiger partial charge in [0.05, 0.1) is 5.92 Å². The fourth-order valence-corrected chi connectivity index (χ4v) is 5.30. The minimum atomic E-state index is -6.60. The molecule has 0 aromatic heterocycles. The van der Waals surface area contributed by atoms with Crippen LogP contribution in [0.5, 0.6) is 0 Å². The zero-order chi connectivity index (χ0) is 26.6. The third-order valence-electron chi connectivity index (χ3n) is 6.41. The van der Waals surface area contributed by atoms with Crippen molar-refractivity contribution in [2.24, 2.45) is 5.92 Å². The van der Waals surface area contributed by atoms with E-state index in [1.165, 1.54) is 0 Å². The third kappa shape index (κ3) is 4.34. The number of hydrogen-bond donors (Lipinski definition) is 1. The molecule has 1 N–H and O–H groups in total. The van der Waals surface area contributed by atoms with Crippen molar-refractivity contribution in [3.63, 3.8) is 0 Å². The second-order valence-corrected chi connectivity index (χ2v) is 10.1. The van der Waals surface area contributed by atoms with Gasteiger partial charge in [-0.2, -0.15) is 30.4 Å². The van der Waals surface area contributed by atoms with E-state index in [-0.39, 0.29) is 12.3 Å². The van der Waals surface area contributed by atoms with Crippen LogP contribution < -0.4 is 0 Å². The van der Waals surface area contributed by atoms with Gasteiger partial charge in [0.15, 0.2) is 6.10 Å². The SMILES string of the molecule is CC(OC(=O)C1CC2c3ccccc3C1c1ccccc12)C(=O)OC(C(F)(F)F)C(F)(F)S(=O)(=O)O. The molecule has 194 valence electrons. The maximum Gasteiger partial charge on any atom is 0.432 e. The molecule has 2 aromatic rings. The van der Waals surface area contributed by atoms with Crippen LogP contribution in [0.2, 0.25) is 0 Å². The average molecular weight is 534 g/mol. The Morgan fingerprint density at radius 3 is 1.83 bits per heavy atom. The monoisotopic (exact) mass is 534 g/mol. The van der Waals surface area contributed by atoms with Gasteiger partial charge >= 0.3 is 33.5 Å². The van der Waals surface area contributed by atoms with Crippen LogP contribution in [-0.2, 0) is 29.2 Å². The van der Waals surface area contributed by atoms with Crippen molar-refractivity contribution in [2.75, 3.05) is 0 Å². The largest absolute Gasteiger partial charge is 0.450 e. The van der Waals surface area contributed by atoms with Crippen LogP contribution in [0.1, 0.15) is 47.4 Å². The smallest absolute Gasteiger partial charge is 0.432 e. The first kappa shape index (κ1) is 26.0. The van der Waals surface area contributed by atoms with Gasteiger partial charge in [0.2, 0.25) is 0 Å². The van der Waals surface area contributed by atoms with Crippen LogP contribution in [0, 0.1) is 5.92 Å². The number of benzene rings is 2. The summed E-state index contributed by atoms with van der Waals surface area (Å²) in [5.41, 5.74) is 3.74. The van der Waals surface area contributed by atoms with Crippen LogP contribution in [-0.4, -0.2) is 48.5 Å². The predicted octanol–water partition coefficient (Wildman–Crippen LogP) is 4.17. The lowest BCUT2D eigenvalue weighted by molar-refractivity contribution is -0.262. The molecule has 0 heterocycles. The van der Waals surface area contributed by atoms with Gasteiger partial charge in [0.25, 0.3) is 6.10 Å². The third-order valence-corrected chi connectivity index (χ3v) is 7.31. The molecule has 3 aliphatic carbocycles. The van der Waals surface area contributed by atoms with Gasteiger partial charge in [0, 0.05) is 11.8 Å². The standard InChI is InChI=1S/C23H19F5O7S/c1-11(19(29)35-21(22(24,25)26)23(27,28)36(31,32)33)34-20(30)17-10-16-12-6-2-4-8-14(12)18(17)15-9-5-3-7-13(15)16/h2-9,11,16-18,21H,10H2,1H3,(H,31,32,33). The van der Waals surface area contributed by atoms with Crippen molar-refractivity contribution >= 4 is 22.1 Å². The molecule has 0 fully saturated rings. The minimum absolute atomic E-state index is 0.176. The van der Waals surface area contributed by atoms with Gasteiger partial charge in [-0.3, -0.25) is 9.35 Å². The van der Waals surface area contributed by atoms with E-state index in [0.717, 1.165) is 29.2 Å². The lowest BCUT2D eigenvalue weighted by atomic mass is 9.59. The quantitative estimate of drug-likeness (QED) is 0.337. The summed E-state index contributed by atoms with van der Waals surface area (Å²) in [5.74, 6) is -4.48.